The first-order valence-electron chi connectivity index (χ1n) is 7.01. The molecule has 0 unspecified atom stereocenters. The largest absolute Gasteiger partial charge is 0.480 e. The van der Waals surface area contributed by atoms with Crippen molar-refractivity contribution in [3.8, 4) is 0 Å². The number of carbonyl (C=O) groups is 1. The second-order valence-electron chi connectivity index (χ2n) is 5.32. The number of carboxylic acid groups (broad SMARTS) is 1. The van der Waals surface area contributed by atoms with E-state index in [0.717, 1.165) is 16.6 Å². The molecule has 0 saturated heterocycles. The maximum Gasteiger partial charge on any atom is 0.329 e. The summed E-state index contributed by atoms with van der Waals surface area (Å²) < 4.78 is 2.91. The topological polar surface area (TPSA) is 64.2 Å². The standard InChI is InChI=1S/C17H16N2O3/c1-12-6-8-13(9-7-12)10-18-14-4-2-3-5-15(14)19(17(18)22)11-16(20)21/h2-9H,10-11H2,1H3,(H,20,21). The lowest BCUT2D eigenvalue weighted by Gasteiger charge is -2.04. The molecule has 5 heteroatoms. The van der Waals surface area contributed by atoms with Crippen LogP contribution in [0.25, 0.3) is 11.0 Å². The van der Waals surface area contributed by atoms with E-state index in [1.807, 2.05) is 43.3 Å². The van der Waals surface area contributed by atoms with Gasteiger partial charge in [0, 0.05) is 0 Å². The molecule has 0 atom stereocenters. The van der Waals surface area contributed by atoms with Gasteiger partial charge in [0.1, 0.15) is 6.54 Å². The Morgan fingerprint density at radius 1 is 1.00 bits per heavy atom. The zero-order chi connectivity index (χ0) is 15.7. The van der Waals surface area contributed by atoms with Crippen LogP contribution in [-0.4, -0.2) is 20.2 Å². The number of imidazole rings is 1. The van der Waals surface area contributed by atoms with Crippen molar-refractivity contribution in [1.29, 1.82) is 0 Å². The molecular formula is C17H16N2O3. The van der Waals surface area contributed by atoms with Crippen LogP contribution in [0.1, 0.15) is 11.1 Å². The van der Waals surface area contributed by atoms with Gasteiger partial charge in [0.15, 0.2) is 0 Å². The number of para-hydroxylation sites is 2. The Hall–Kier alpha value is -2.82. The zero-order valence-corrected chi connectivity index (χ0v) is 12.2. The summed E-state index contributed by atoms with van der Waals surface area (Å²) in [6.45, 7) is 2.10. The molecule has 0 fully saturated rings. The van der Waals surface area contributed by atoms with Crippen LogP contribution in [0.2, 0.25) is 0 Å². The molecule has 3 rings (SSSR count). The molecule has 0 spiro atoms. The quantitative estimate of drug-likeness (QED) is 0.803. The summed E-state index contributed by atoms with van der Waals surface area (Å²) in [4.78, 5) is 23.6. The molecule has 22 heavy (non-hydrogen) atoms. The van der Waals surface area contributed by atoms with Crippen molar-refractivity contribution in [1.82, 2.24) is 9.13 Å². The Balaban J connectivity index is 2.13. The molecule has 1 heterocycles. The van der Waals surface area contributed by atoms with Crippen LogP contribution < -0.4 is 5.69 Å². The fourth-order valence-corrected chi connectivity index (χ4v) is 2.59. The molecule has 2 aromatic carbocycles. The normalized spacial score (nSPS) is 11.0. The van der Waals surface area contributed by atoms with Crippen LogP contribution in [0, 0.1) is 6.92 Å². The smallest absolute Gasteiger partial charge is 0.329 e. The van der Waals surface area contributed by atoms with Crippen molar-refractivity contribution >= 4 is 17.0 Å². The van der Waals surface area contributed by atoms with Crippen molar-refractivity contribution in [2.75, 3.05) is 0 Å². The highest BCUT2D eigenvalue weighted by Crippen LogP contribution is 2.14. The number of hydrogen-bond donors (Lipinski definition) is 1. The second-order valence-corrected chi connectivity index (χ2v) is 5.32. The number of hydrogen-bond acceptors (Lipinski definition) is 2. The van der Waals surface area contributed by atoms with E-state index in [-0.39, 0.29) is 12.2 Å². The highest BCUT2D eigenvalue weighted by molar-refractivity contribution is 5.78. The van der Waals surface area contributed by atoms with Gasteiger partial charge in [0.25, 0.3) is 0 Å². The van der Waals surface area contributed by atoms with Crippen LogP contribution in [0.4, 0.5) is 0 Å². The van der Waals surface area contributed by atoms with Gasteiger partial charge in [-0.05, 0) is 24.6 Å². The Labute approximate surface area is 127 Å². The number of aromatic nitrogens is 2. The number of nitrogens with zero attached hydrogens (tertiary/aromatic N) is 2. The number of fused-ring (bicyclic) bond motifs is 1. The lowest BCUT2D eigenvalue weighted by Crippen LogP contribution is -2.27. The third-order valence-electron chi connectivity index (χ3n) is 3.68. The van der Waals surface area contributed by atoms with Gasteiger partial charge in [0.2, 0.25) is 0 Å². The number of benzene rings is 2. The first-order valence-corrected chi connectivity index (χ1v) is 7.01. The Kier molecular flexibility index (Phi) is 3.55. The minimum atomic E-state index is -1.03. The van der Waals surface area contributed by atoms with Crippen LogP contribution >= 0.6 is 0 Å². The molecule has 0 aliphatic rings. The van der Waals surface area contributed by atoms with Gasteiger partial charge in [0.05, 0.1) is 17.6 Å². The fraction of sp³-hybridized carbons (Fsp3) is 0.176. The van der Waals surface area contributed by atoms with E-state index in [2.05, 4.69) is 0 Å². The molecule has 0 aliphatic carbocycles. The van der Waals surface area contributed by atoms with Crippen molar-refractivity contribution in [2.45, 2.75) is 20.0 Å². The fourth-order valence-electron chi connectivity index (χ4n) is 2.59. The maximum absolute atomic E-state index is 12.6. The maximum atomic E-state index is 12.6. The molecule has 112 valence electrons. The first-order chi connectivity index (χ1) is 10.6. The minimum Gasteiger partial charge on any atom is -0.480 e. The summed E-state index contributed by atoms with van der Waals surface area (Å²) in [6, 6.07) is 15.2. The average Bonchev–Trinajstić information content (AvgIpc) is 2.75. The van der Waals surface area contributed by atoms with Crippen LogP contribution in [0.5, 0.6) is 0 Å². The van der Waals surface area contributed by atoms with Gasteiger partial charge in [-0.3, -0.25) is 13.9 Å². The lowest BCUT2D eigenvalue weighted by atomic mass is 10.1. The van der Waals surface area contributed by atoms with E-state index < -0.39 is 5.97 Å². The van der Waals surface area contributed by atoms with E-state index in [1.54, 1.807) is 16.7 Å². The number of aryl methyl sites for hydroxylation is 1. The Morgan fingerprint density at radius 3 is 2.18 bits per heavy atom. The Morgan fingerprint density at radius 2 is 1.59 bits per heavy atom. The molecule has 0 bridgehead atoms. The highest BCUT2D eigenvalue weighted by Gasteiger charge is 2.14. The SMILES string of the molecule is Cc1ccc(Cn2c(=O)n(CC(=O)O)c3ccccc32)cc1. The molecule has 1 N–H and O–H groups in total. The summed E-state index contributed by atoms with van der Waals surface area (Å²) >= 11 is 0. The number of carboxylic acids is 1. The lowest BCUT2D eigenvalue weighted by molar-refractivity contribution is -0.137. The molecule has 0 aliphatic heterocycles. The van der Waals surface area contributed by atoms with E-state index in [4.69, 9.17) is 5.11 Å². The van der Waals surface area contributed by atoms with Gasteiger partial charge >= 0.3 is 11.7 Å². The number of rotatable bonds is 4. The summed E-state index contributed by atoms with van der Waals surface area (Å²) in [5.41, 5.74) is 3.25. The summed E-state index contributed by atoms with van der Waals surface area (Å²) in [6.07, 6.45) is 0. The predicted molar refractivity (Wildman–Crippen MR) is 84.1 cm³/mol. The molecule has 0 saturated carbocycles. The molecular weight excluding hydrogens is 280 g/mol. The van der Waals surface area contributed by atoms with Gasteiger partial charge in [-0.1, -0.05) is 42.0 Å². The zero-order valence-electron chi connectivity index (χ0n) is 12.2. The van der Waals surface area contributed by atoms with Gasteiger partial charge in [-0.15, -0.1) is 0 Å². The molecule has 0 amide bonds. The summed E-state index contributed by atoms with van der Waals surface area (Å²) in [7, 11) is 0. The van der Waals surface area contributed by atoms with E-state index in [9.17, 15) is 9.59 Å². The highest BCUT2D eigenvalue weighted by atomic mass is 16.4. The number of aliphatic carboxylic acids is 1. The monoisotopic (exact) mass is 296 g/mol. The van der Waals surface area contributed by atoms with Crippen LogP contribution in [-0.2, 0) is 17.9 Å². The van der Waals surface area contributed by atoms with Crippen molar-refractivity contribution in [3.63, 3.8) is 0 Å². The van der Waals surface area contributed by atoms with Crippen molar-refractivity contribution < 1.29 is 9.90 Å². The third kappa shape index (κ3) is 2.53. The average molecular weight is 296 g/mol. The third-order valence-corrected chi connectivity index (χ3v) is 3.68. The van der Waals surface area contributed by atoms with Crippen molar-refractivity contribution in [2.24, 2.45) is 0 Å². The summed E-state index contributed by atoms with van der Waals surface area (Å²) in [5, 5.41) is 9.01. The van der Waals surface area contributed by atoms with Crippen LogP contribution in [0.3, 0.4) is 0 Å². The summed E-state index contributed by atoms with van der Waals surface area (Å²) in [5.74, 6) is -1.03. The van der Waals surface area contributed by atoms with E-state index in [1.165, 1.54) is 4.57 Å². The van der Waals surface area contributed by atoms with Crippen molar-refractivity contribution in [3.05, 3.63) is 70.1 Å². The first kappa shape index (κ1) is 14.1. The van der Waals surface area contributed by atoms with Gasteiger partial charge in [-0.2, -0.15) is 0 Å². The molecule has 0 radical (unpaired) electrons. The predicted octanol–water partition coefficient (Wildman–Crippen LogP) is 2.24. The minimum absolute atomic E-state index is 0.302. The van der Waals surface area contributed by atoms with E-state index in [0.29, 0.717) is 12.1 Å². The van der Waals surface area contributed by atoms with Gasteiger partial charge < -0.3 is 5.11 Å². The Bertz CT molecular complexity index is 888. The van der Waals surface area contributed by atoms with Gasteiger partial charge in [-0.25, -0.2) is 4.79 Å². The molecule has 1 aromatic heterocycles. The van der Waals surface area contributed by atoms with Crippen LogP contribution in [0.15, 0.2) is 53.3 Å². The second kappa shape index (κ2) is 5.52. The molecule has 5 nitrogen and oxygen atoms in total. The van der Waals surface area contributed by atoms with E-state index >= 15 is 0 Å². The molecule has 3 aromatic rings.